The lowest BCUT2D eigenvalue weighted by molar-refractivity contribution is -0.383. The molecule has 1 aromatic carbocycles. The van der Waals surface area contributed by atoms with Crippen LogP contribution in [0.3, 0.4) is 0 Å². The third kappa shape index (κ3) is 4.85. The highest BCUT2D eigenvalue weighted by Gasteiger charge is 2.22. The summed E-state index contributed by atoms with van der Waals surface area (Å²) in [6, 6.07) is 10.2. The fourth-order valence-corrected chi connectivity index (χ4v) is 3.16. The molecule has 0 unspecified atom stereocenters. The second-order valence-electron chi connectivity index (χ2n) is 6.15. The Balaban J connectivity index is 1.48. The van der Waals surface area contributed by atoms with Crippen molar-refractivity contribution in [2.45, 2.75) is 6.42 Å². The predicted octanol–water partition coefficient (Wildman–Crippen LogP) is 2.79. The van der Waals surface area contributed by atoms with E-state index in [1.165, 1.54) is 6.07 Å². The number of anilines is 2. The summed E-state index contributed by atoms with van der Waals surface area (Å²) in [5.74, 6) is 0.945. The summed E-state index contributed by atoms with van der Waals surface area (Å²) in [5, 5.41) is 14.3. The SMILES string of the molecule is O=C(CCNc1ccc(Cl)cc1[N+](=O)[O-])N1CCN(c2ccccn2)CC1. The Morgan fingerprint density at radius 3 is 2.67 bits per heavy atom. The molecule has 2 aromatic rings. The van der Waals surface area contributed by atoms with Crippen molar-refractivity contribution >= 4 is 34.7 Å². The van der Waals surface area contributed by atoms with Crippen molar-refractivity contribution in [3.05, 3.63) is 57.7 Å². The number of benzene rings is 1. The monoisotopic (exact) mass is 389 g/mol. The minimum atomic E-state index is -0.493. The molecule has 1 aromatic heterocycles. The van der Waals surface area contributed by atoms with Gasteiger partial charge in [0, 0.05) is 56.4 Å². The van der Waals surface area contributed by atoms with Crippen LogP contribution in [-0.2, 0) is 4.79 Å². The van der Waals surface area contributed by atoms with E-state index in [2.05, 4.69) is 15.2 Å². The van der Waals surface area contributed by atoms with Crippen LogP contribution < -0.4 is 10.2 Å². The molecule has 9 heteroatoms. The van der Waals surface area contributed by atoms with Gasteiger partial charge >= 0.3 is 0 Å². The van der Waals surface area contributed by atoms with Gasteiger partial charge in [-0.25, -0.2) is 4.98 Å². The Bertz CT molecular complexity index is 810. The van der Waals surface area contributed by atoms with Crippen molar-refractivity contribution in [2.75, 3.05) is 42.9 Å². The summed E-state index contributed by atoms with van der Waals surface area (Å²) >= 11 is 5.80. The number of nitrogens with one attached hydrogen (secondary N) is 1. The maximum Gasteiger partial charge on any atom is 0.293 e. The smallest absolute Gasteiger partial charge is 0.293 e. The van der Waals surface area contributed by atoms with E-state index in [1.807, 2.05) is 23.1 Å². The molecule has 27 heavy (non-hydrogen) atoms. The number of carbonyl (C=O) groups is 1. The minimum absolute atomic E-state index is 0.0276. The molecule has 142 valence electrons. The number of nitro groups is 1. The van der Waals surface area contributed by atoms with Gasteiger partial charge in [-0.2, -0.15) is 0 Å². The number of pyridine rings is 1. The maximum atomic E-state index is 12.4. The molecule has 0 spiro atoms. The molecule has 1 saturated heterocycles. The largest absolute Gasteiger partial charge is 0.379 e. The summed E-state index contributed by atoms with van der Waals surface area (Å²) in [6.45, 7) is 3.06. The lowest BCUT2D eigenvalue weighted by Crippen LogP contribution is -2.49. The number of carbonyl (C=O) groups excluding carboxylic acids is 1. The summed E-state index contributed by atoms with van der Waals surface area (Å²) in [7, 11) is 0. The van der Waals surface area contributed by atoms with Gasteiger partial charge in [-0.1, -0.05) is 17.7 Å². The number of rotatable bonds is 6. The third-order valence-electron chi connectivity index (χ3n) is 4.42. The zero-order valence-corrected chi connectivity index (χ0v) is 15.4. The van der Waals surface area contributed by atoms with Gasteiger partial charge < -0.3 is 15.1 Å². The summed E-state index contributed by atoms with van der Waals surface area (Å²) in [4.78, 5) is 31.3. The van der Waals surface area contributed by atoms with E-state index in [0.29, 0.717) is 30.3 Å². The molecule has 2 heterocycles. The van der Waals surface area contributed by atoms with E-state index in [-0.39, 0.29) is 18.0 Å². The number of hydrogen-bond acceptors (Lipinski definition) is 6. The van der Waals surface area contributed by atoms with Gasteiger partial charge in [0.15, 0.2) is 0 Å². The van der Waals surface area contributed by atoms with Gasteiger partial charge in [0.05, 0.1) is 4.92 Å². The standard InChI is InChI=1S/C18H20ClN5O3/c19-14-4-5-15(16(13-14)24(26)27)20-8-6-18(25)23-11-9-22(10-12-23)17-3-1-2-7-21-17/h1-5,7,13,20H,6,8-12H2. The molecule has 1 aliphatic rings. The molecule has 0 aliphatic carbocycles. The predicted molar refractivity (Wildman–Crippen MR) is 104 cm³/mol. The van der Waals surface area contributed by atoms with E-state index < -0.39 is 4.92 Å². The van der Waals surface area contributed by atoms with Crippen LogP contribution in [0.2, 0.25) is 5.02 Å². The Labute approximate surface area is 161 Å². The van der Waals surface area contributed by atoms with Crippen molar-refractivity contribution in [2.24, 2.45) is 0 Å². The molecule has 1 aliphatic heterocycles. The van der Waals surface area contributed by atoms with Crippen LogP contribution in [0.25, 0.3) is 0 Å². The van der Waals surface area contributed by atoms with Crippen molar-refractivity contribution in [3.8, 4) is 0 Å². The quantitative estimate of drug-likeness (QED) is 0.603. The molecule has 3 rings (SSSR count). The van der Waals surface area contributed by atoms with Gasteiger partial charge in [-0.05, 0) is 24.3 Å². The number of piperazine rings is 1. The second-order valence-corrected chi connectivity index (χ2v) is 6.59. The number of amides is 1. The number of nitrogens with zero attached hydrogens (tertiary/aromatic N) is 4. The zero-order chi connectivity index (χ0) is 19.2. The number of hydrogen-bond donors (Lipinski definition) is 1. The van der Waals surface area contributed by atoms with E-state index >= 15 is 0 Å². The molecule has 0 radical (unpaired) electrons. The molecular weight excluding hydrogens is 370 g/mol. The molecule has 8 nitrogen and oxygen atoms in total. The van der Waals surface area contributed by atoms with Crippen LogP contribution in [0, 0.1) is 10.1 Å². The fraction of sp³-hybridized carbons (Fsp3) is 0.333. The Morgan fingerprint density at radius 2 is 2.00 bits per heavy atom. The van der Waals surface area contributed by atoms with Gasteiger partial charge in [-0.3, -0.25) is 14.9 Å². The first-order valence-corrected chi connectivity index (χ1v) is 9.04. The van der Waals surface area contributed by atoms with E-state index in [1.54, 1.807) is 18.3 Å². The van der Waals surface area contributed by atoms with Crippen LogP contribution in [-0.4, -0.2) is 53.4 Å². The molecular formula is C18H20ClN5O3. The normalized spacial score (nSPS) is 14.1. The first-order chi connectivity index (χ1) is 13.0. The molecule has 1 N–H and O–H groups in total. The first kappa shape index (κ1) is 18.9. The van der Waals surface area contributed by atoms with Crippen molar-refractivity contribution in [3.63, 3.8) is 0 Å². The topological polar surface area (TPSA) is 91.6 Å². The van der Waals surface area contributed by atoms with Crippen LogP contribution in [0.4, 0.5) is 17.2 Å². The van der Waals surface area contributed by atoms with Gasteiger partial charge in [0.1, 0.15) is 11.5 Å². The molecule has 1 fully saturated rings. The highest BCUT2D eigenvalue weighted by Crippen LogP contribution is 2.27. The number of nitro benzene ring substituents is 1. The highest BCUT2D eigenvalue weighted by molar-refractivity contribution is 6.30. The average Bonchev–Trinajstić information content (AvgIpc) is 2.69. The first-order valence-electron chi connectivity index (χ1n) is 8.66. The second kappa shape index (κ2) is 8.68. The van der Waals surface area contributed by atoms with Gasteiger partial charge in [0.25, 0.3) is 5.69 Å². The maximum absolute atomic E-state index is 12.4. The van der Waals surface area contributed by atoms with Crippen LogP contribution in [0.5, 0.6) is 0 Å². The lowest BCUT2D eigenvalue weighted by Gasteiger charge is -2.35. The van der Waals surface area contributed by atoms with Crippen molar-refractivity contribution < 1.29 is 9.72 Å². The molecule has 0 atom stereocenters. The number of aromatic nitrogens is 1. The summed E-state index contributed by atoms with van der Waals surface area (Å²) in [5.41, 5.74) is 0.260. The molecule has 0 bridgehead atoms. The van der Waals surface area contributed by atoms with Crippen LogP contribution in [0.1, 0.15) is 6.42 Å². The zero-order valence-electron chi connectivity index (χ0n) is 14.7. The summed E-state index contributed by atoms with van der Waals surface area (Å²) in [6.07, 6.45) is 2.03. The minimum Gasteiger partial charge on any atom is -0.379 e. The van der Waals surface area contributed by atoms with E-state index in [0.717, 1.165) is 18.9 Å². The third-order valence-corrected chi connectivity index (χ3v) is 4.65. The molecule has 1 amide bonds. The van der Waals surface area contributed by atoms with Crippen LogP contribution >= 0.6 is 11.6 Å². The van der Waals surface area contributed by atoms with E-state index in [9.17, 15) is 14.9 Å². The van der Waals surface area contributed by atoms with Crippen molar-refractivity contribution in [1.29, 1.82) is 0 Å². The fourth-order valence-electron chi connectivity index (χ4n) is 2.99. The summed E-state index contributed by atoms with van der Waals surface area (Å²) < 4.78 is 0. The van der Waals surface area contributed by atoms with Gasteiger partial charge in [-0.15, -0.1) is 0 Å². The Hall–Kier alpha value is -2.87. The Morgan fingerprint density at radius 1 is 1.22 bits per heavy atom. The average molecular weight is 390 g/mol. The molecule has 0 saturated carbocycles. The van der Waals surface area contributed by atoms with Crippen LogP contribution in [0.15, 0.2) is 42.6 Å². The lowest BCUT2D eigenvalue weighted by atomic mass is 10.2. The highest BCUT2D eigenvalue weighted by atomic mass is 35.5. The Kier molecular flexibility index (Phi) is 6.08. The van der Waals surface area contributed by atoms with E-state index in [4.69, 9.17) is 11.6 Å². The van der Waals surface area contributed by atoms with Crippen molar-refractivity contribution in [1.82, 2.24) is 9.88 Å². The van der Waals surface area contributed by atoms with Gasteiger partial charge in [0.2, 0.25) is 5.91 Å². The number of halogens is 1.